The van der Waals surface area contributed by atoms with Crippen LogP contribution in [0.2, 0.25) is 0 Å². The van der Waals surface area contributed by atoms with E-state index in [9.17, 15) is 13.2 Å². The molecule has 0 aliphatic carbocycles. The molecule has 0 bridgehead atoms. The van der Waals surface area contributed by atoms with Gasteiger partial charge in [-0.25, -0.2) is 8.42 Å². The van der Waals surface area contributed by atoms with Crippen molar-refractivity contribution < 1.29 is 13.2 Å². The zero-order valence-corrected chi connectivity index (χ0v) is 12.5. The smallest absolute Gasteiger partial charge is 0.266 e. The molecule has 7 heteroatoms. The molecule has 2 rings (SSSR count). The Morgan fingerprint density at radius 2 is 1.86 bits per heavy atom. The van der Waals surface area contributed by atoms with Crippen molar-refractivity contribution in [1.29, 1.82) is 5.26 Å². The number of nitrogens with one attached hydrogen (secondary N) is 2. The number of carbonyl (C=O) groups is 1. The Bertz CT molecular complexity index is 854. The van der Waals surface area contributed by atoms with Crippen molar-refractivity contribution in [3.63, 3.8) is 0 Å². The molecule has 0 aromatic heterocycles. The minimum atomic E-state index is -3.94. The van der Waals surface area contributed by atoms with Crippen molar-refractivity contribution in [2.75, 3.05) is 0 Å². The van der Waals surface area contributed by atoms with E-state index < -0.39 is 15.9 Å². The molecule has 0 heterocycles. The summed E-state index contributed by atoms with van der Waals surface area (Å²) in [6, 6.07) is 14.2. The van der Waals surface area contributed by atoms with Gasteiger partial charge in [-0.05, 0) is 36.8 Å². The van der Waals surface area contributed by atoms with Gasteiger partial charge < -0.3 is 0 Å². The van der Waals surface area contributed by atoms with Gasteiger partial charge >= 0.3 is 0 Å². The monoisotopic (exact) mass is 315 g/mol. The number of sulfonamides is 1. The third-order valence-corrected chi connectivity index (χ3v) is 4.21. The summed E-state index contributed by atoms with van der Waals surface area (Å²) in [4.78, 5) is 13.9. The van der Waals surface area contributed by atoms with E-state index in [-0.39, 0.29) is 10.5 Å². The van der Waals surface area contributed by atoms with E-state index in [4.69, 9.17) is 5.26 Å². The van der Waals surface area contributed by atoms with Gasteiger partial charge in [0.05, 0.1) is 16.5 Å². The van der Waals surface area contributed by atoms with Crippen molar-refractivity contribution in [2.24, 2.45) is 0 Å². The lowest BCUT2D eigenvalue weighted by molar-refractivity contribution is 0.0944. The highest BCUT2D eigenvalue weighted by Gasteiger charge is 2.16. The number of carbonyl (C=O) groups excluding carboxylic acids is 1. The summed E-state index contributed by atoms with van der Waals surface area (Å²) in [5, 5.41) is 8.79. The van der Waals surface area contributed by atoms with E-state index in [0.29, 0.717) is 5.56 Å². The van der Waals surface area contributed by atoms with E-state index >= 15 is 0 Å². The molecule has 0 saturated heterocycles. The average Bonchev–Trinajstić information content (AvgIpc) is 2.53. The third-order valence-electron chi connectivity index (χ3n) is 2.96. The van der Waals surface area contributed by atoms with Crippen LogP contribution in [-0.2, 0) is 10.0 Å². The van der Waals surface area contributed by atoms with Crippen LogP contribution >= 0.6 is 0 Å². The summed E-state index contributed by atoms with van der Waals surface area (Å²) >= 11 is 0. The summed E-state index contributed by atoms with van der Waals surface area (Å²) in [6.45, 7) is 1.75. The predicted molar refractivity (Wildman–Crippen MR) is 80.1 cm³/mol. The molecule has 2 N–H and O–H groups in total. The van der Waals surface area contributed by atoms with Gasteiger partial charge in [0, 0.05) is 5.56 Å². The molecule has 112 valence electrons. The maximum absolute atomic E-state index is 12.1. The fourth-order valence-corrected chi connectivity index (χ4v) is 2.69. The normalized spacial score (nSPS) is 10.7. The lowest BCUT2D eigenvalue weighted by atomic mass is 10.1. The first-order chi connectivity index (χ1) is 10.4. The molecular formula is C15H13N3O3S. The molecule has 22 heavy (non-hydrogen) atoms. The zero-order chi connectivity index (χ0) is 16.2. The van der Waals surface area contributed by atoms with Gasteiger partial charge in [-0.15, -0.1) is 4.83 Å². The van der Waals surface area contributed by atoms with E-state index in [2.05, 4.69) is 5.43 Å². The lowest BCUT2D eigenvalue weighted by Crippen LogP contribution is -2.41. The molecule has 0 unspecified atom stereocenters. The van der Waals surface area contributed by atoms with Gasteiger partial charge in [-0.2, -0.15) is 5.26 Å². The fourth-order valence-electron chi connectivity index (χ4n) is 1.80. The molecule has 2 aromatic carbocycles. The van der Waals surface area contributed by atoms with Crippen LogP contribution in [0.5, 0.6) is 0 Å². The Kier molecular flexibility index (Phi) is 4.56. The molecule has 0 spiro atoms. The Balaban J connectivity index is 2.15. The van der Waals surface area contributed by atoms with Crippen LogP contribution in [0.25, 0.3) is 0 Å². The highest BCUT2D eigenvalue weighted by molar-refractivity contribution is 7.89. The van der Waals surface area contributed by atoms with Crippen molar-refractivity contribution >= 4 is 15.9 Å². The molecule has 2 aromatic rings. The van der Waals surface area contributed by atoms with Gasteiger partial charge in [0.2, 0.25) is 0 Å². The molecule has 0 aliphatic rings. The summed E-state index contributed by atoms with van der Waals surface area (Å²) in [5.74, 6) is -0.557. The number of amides is 1. The third kappa shape index (κ3) is 3.49. The molecule has 0 saturated carbocycles. The SMILES string of the molecule is Cc1ccccc1C(=O)NNS(=O)(=O)c1cccc(C#N)c1. The van der Waals surface area contributed by atoms with Crippen molar-refractivity contribution in [3.8, 4) is 6.07 Å². The summed E-state index contributed by atoms with van der Waals surface area (Å²) < 4.78 is 24.2. The number of benzene rings is 2. The van der Waals surface area contributed by atoms with E-state index in [0.717, 1.165) is 5.56 Å². The highest BCUT2D eigenvalue weighted by Crippen LogP contribution is 2.10. The van der Waals surface area contributed by atoms with Gasteiger partial charge in [-0.1, -0.05) is 24.3 Å². The van der Waals surface area contributed by atoms with Crippen molar-refractivity contribution in [1.82, 2.24) is 10.3 Å². The number of hydrazine groups is 1. The van der Waals surface area contributed by atoms with Gasteiger partial charge in [0.25, 0.3) is 15.9 Å². The standard InChI is InChI=1S/C15H13N3O3S/c1-11-5-2-3-8-14(11)15(19)17-18-22(20,21)13-7-4-6-12(9-13)10-16/h2-9,18H,1H3,(H,17,19). The molecular weight excluding hydrogens is 302 g/mol. The molecule has 6 nitrogen and oxygen atoms in total. The van der Waals surface area contributed by atoms with Crippen LogP contribution < -0.4 is 10.3 Å². The zero-order valence-electron chi connectivity index (χ0n) is 11.7. The average molecular weight is 315 g/mol. The minimum absolute atomic E-state index is 0.100. The number of hydrogen-bond acceptors (Lipinski definition) is 4. The molecule has 0 fully saturated rings. The maximum Gasteiger partial charge on any atom is 0.266 e. The molecule has 0 radical (unpaired) electrons. The molecule has 0 aliphatic heterocycles. The second-order valence-electron chi connectivity index (χ2n) is 4.51. The van der Waals surface area contributed by atoms with Gasteiger partial charge in [0.15, 0.2) is 0 Å². The molecule has 1 amide bonds. The first-order valence-corrected chi connectivity index (χ1v) is 7.80. The highest BCUT2D eigenvalue weighted by atomic mass is 32.2. The van der Waals surface area contributed by atoms with Crippen LogP contribution in [0.15, 0.2) is 53.4 Å². The Morgan fingerprint density at radius 3 is 2.55 bits per heavy atom. The van der Waals surface area contributed by atoms with E-state index in [1.165, 1.54) is 24.3 Å². The summed E-state index contributed by atoms with van der Waals surface area (Å²) in [7, 11) is -3.94. The topological polar surface area (TPSA) is 99.1 Å². The fraction of sp³-hybridized carbons (Fsp3) is 0.0667. The van der Waals surface area contributed by atoms with Crippen molar-refractivity contribution in [2.45, 2.75) is 11.8 Å². The summed E-state index contributed by atoms with van der Waals surface area (Å²) in [5.41, 5.74) is 3.47. The second-order valence-corrected chi connectivity index (χ2v) is 6.20. The Hall–Kier alpha value is -2.69. The van der Waals surface area contributed by atoms with Gasteiger partial charge in [0.1, 0.15) is 0 Å². The number of hydrogen-bond donors (Lipinski definition) is 2. The van der Waals surface area contributed by atoms with Crippen LogP contribution in [0.4, 0.5) is 0 Å². The lowest BCUT2D eigenvalue weighted by Gasteiger charge is -2.10. The van der Waals surface area contributed by atoms with Crippen LogP contribution in [0.3, 0.4) is 0 Å². The minimum Gasteiger partial charge on any atom is -0.273 e. The van der Waals surface area contributed by atoms with Crippen molar-refractivity contribution in [3.05, 3.63) is 65.2 Å². The first-order valence-electron chi connectivity index (χ1n) is 6.32. The number of rotatable bonds is 4. The van der Waals surface area contributed by atoms with E-state index in [1.54, 1.807) is 31.2 Å². The maximum atomic E-state index is 12.1. The number of nitriles is 1. The number of aryl methyl sites for hydroxylation is 1. The van der Waals surface area contributed by atoms with Gasteiger partial charge in [-0.3, -0.25) is 10.2 Å². The quantitative estimate of drug-likeness (QED) is 0.835. The second kappa shape index (κ2) is 6.39. The van der Waals surface area contributed by atoms with E-state index in [1.807, 2.05) is 10.9 Å². The Morgan fingerprint density at radius 1 is 1.14 bits per heavy atom. The summed E-state index contributed by atoms with van der Waals surface area (Å²) in [6.07, 6.45) is 0. The van der Waals surface area contributed by atoms with Crippen LogP contribution in [0, 0.1) is 18.3 Å². The number of nitrogens with zero attached hydrogens (tertiary/aromatic N) is 1. The molecule has 0 atom stereocenters. The largest absolute Gasteiger partial charge is 0.273 e. The van der Waals surface area contributed by atoms with Crippen LogP contribution in [-0.4, -0.2) is 14.3 Å². The first kappa shape index (κ1) is 15.7. The van der Waals surface area contributed by atoms with Crippen LogP contribution in [0.1, 0.15) is 21.5 Å². The Labute approximate surface area is 128 Å². The predicted octanol–water partition coefficient (Wildman–Crippen LogP) is 1.49.